The second kappa shape index (κ2) is 8.71. The maximum atomic E-state index is 13.5. The van der Waals surface area contributed by atoms with E-state index in [9.17, 15) is 19.6 Å². The van der Waals surface area contributed by atoms with Gasteiger partial charge < -0.3 is 20.5 Å². The highest BCUT2D eigenvalue weighted by Gasteiger charge is 2.50. The fourth-order valence-corrected chi connectivity index (χ4v) is 6.02. The zero-order valence-electron chi connectivity index (χ0n) is 18.1. The van der Waals surface area contributed by atoms with Crippen LogP contribution in [0.2, 0.25) is 5.02 Å². The molecular weight excluding hydrogens is 442 g/mol. The summed E-state index contributed by atoms with van der Waals surface area (Å²) < 4.78 is 0. The van der Waals surface area contributed by atoms with Crippen LogP contribution in [0.5, 0.6) is 0 Å². The number of nitriles is 1. The van der Waals surface area contributed by atoms with Crippen molar-refractivity contribution in [2.75, 3.05) is 13.1 Å². The van der Waals surface area contributed by atoms with Crippen LogP contribution in [0.25, 0.3) is 10.9 Å². The standard InChI is InChI=1S/C24H26ClN5O3/c25-18-5-2-6-19-17(18)10-20(29-19)24(33)30-12-14-3-1-4-16(14)21(30)23(32)28-15(11-26)9-13-7-8-27-22(13)31/h2,5-6,10,13-16,21,29H,1,3-4,7-9,12H2,(H,27,31)(H,28,32)/t13-,14-,15-,16-,21-/m0/s1. The van der Waals surface area contributed by atoms with Crippen LogP contribution in [0.1, 0.15) is 42.6 Å². The molecule has 2 saturated heterocycles. The van der Waals surface area contributed by atoms with Gasteiger partial charge in [0, 0.05) is 34.9 Å². The Morgan fingerprint density at radius 3 is 2.88 bits per heavy atom. The summed E-state index contributed by atoms with van der Waals surface area (Å²) in [5, 5.41) is 16.5. The van der Waals surface area contributed by atoms with Gasteiger partial charge in [-0.3, -0.25) is 14.4 Å². The number of aromatic amines is 1. The van der Waals surface area contributed by atoms with Gasteiger partial charge in [-0.2, -0.15) is 5.26 Å². The highest BCUT2D eigenvalue weighted by molar-refractivity contribution is 6.35. The van der Waals surface area contributed by atoms with Gasteiger partial charge in [-0.1, -0.05) is 24.1 Å². The Morgan fingerprint density at radius 1 is 1.30 bits per heavy atom. The van der Waals surface area contributed by atoms with Gasteiger partial charge in [0.05, 0.1) is 6.07 Å². The first-order valence-corrected chi connectivity index (χ1v) is 11.9. The van der Waals surface area contributed by atoms with Crippen molar-refractivity contribution in [2.24, 2.45) is 17.8 Å². The van der Waals surface area contributed by atoms with Crippen molar-refractivity contribution in [1.29, 1.82) is 5.26 Å². The predicted octanol–water partition coefficient (Wildman–Crippen LogP) is 2.60. The van der Waals surface area contributed by atoms with Gasteiger partial charge in [-0.15, -0.1) is 0 Å². The Morgan fingerprint density at radius 2 is 2.15 bits per heavy atom. The molecule has 8 nitrogen and oxygen atoms in total. The first kappa shape index (κ1) is 21.8. The molecule has 0 bridgehead atoms. The maximum Gasteiger partial charge on any atom is 0.271 e. The largest absolute Gasteiger partial charge is 0.356 e. The van der Waals surface area contributed by atoms with Crippen molar-refractivity contribution in [1.82, 2.24) is 20.5 Å². The molecule has 5 atom stereocenters. The summed E-state index contributed by atoms with van der Waals surface area (Å²) in [7, 11) is 0. The van der Waals surface area contributed by atoms with E-state index in [1.54, 1.807) is 17.0 Å². The fourth-order valence-electron chi connectivity index (χ4n) is 5.79. The Labute approximate surface area is 196 Å². The van der Waals surface area contributed by atoms with E-state index in [-0.39, 0.29) is 41.9 Å². The molecule has 3 heterocycles. The molecule has 3 fully saturated rings. The topological polar surface area (TPSA) is 118 Å². The molecule has 5 rings (SSSR count). The molecule has 0 radical (unpaired) electrons. The molecule has 3 N–H and O–H groups in total. The SMILES string of the molecule is N#C[C@H](C[C@@H]1CCNC1=O)NC(=O)[C@@H]1[C@H]2CCC[C@H]2CN1C(=O)c1cc2c(Cl)cccc2[nH]1. The predicted molar refractivity (Wildman–Crippen MR) is 122 cm³/mol. The Hall–Kier alpha value is -3.05. The summed E-state index contributed by atoms with van der Waals surface area (Å²) in [6, 6.07) is 7.92. The van der Waals surface area contributed by atoms with Gasteiger partial charge >= 0.3 is 0 Å². The molecule has 3 aliphatic rings. The van der Waals surface area contributed by atoms with E-state index >= 15 is 0 Å². The lowest BCUT2D eigenvalue weighted by Crippen LogP contribution is -2.51. The van der Waals surface area contributed by atoms with Crippen LogP contribution in [-0.4, -0.2) is 52.8 Å². The zero-order chi connectivity index (χ0) is 23.1. The van der Waals surface area contributed by atoms with E-state index in [0.717, 1.165) is 30.2 Å². The number of amides is 3. The van der Waals surface area contributed by atoms with Crippen molar-refractivity contribution >= 4 is 40.2 Å². The van der Waals surface area contributed by atoms with Gasteiger partial charge in [-0.25, -0.2) is 0 Å². The first-order valence-electron chi connectivity index (χ1n) is 11.5. The number of aromatic nitrogens is 1. The van der Waals surface area contributed by atoms with E-state index in [0.29, 0.717) is 30.2 Å². The Kier molecular flexibility index (Phi) is 5.75. The molecule has 0 spiro atoms. The highest BCUT2D eigenvalue weighted by Crippen LogP contribution is 2.43. The molecule has 172 valence electrons. The quantitative estimate of drug-likeness (QED) is 0.626. The average molecular weight is 468 g/mol. The van der Waals surface area contributed by atoms with E-state index in [4.69, 9.17) is 11.6 Å². The Balaban J connectivity index is 1.37. The minimum absolute atomic E-state index is 0.0736. The number of hydrogen-bond donors (Lipinski definition) is 3. The lowest BCUT2D eigenvalue weighted by Gasteiger charge is -2.28. The number of likely N-dealkylation sites (tertiary alicyclic amines) is 1. The van der Waals surface area contributed by atoms with E-state index in [2.05, 4.69) is 21.7 Å². The number of rotatable bonds is 5. The fraction of sp³-hybridized carbons (Fsp3) is 0.500. The smallest absolute Gasteiger partial charge is 0.271 e. The maximum absolute atomic E-state index is 13.5. The van der Waals surface area contributed by atoms with Crippen LogP contribution in [0.4, 0.5) is 0 Å². The number of benzene rings is 1. The average Bonchev–Trinajstić information content (AvgIpc) is 3.56. The van der Waals surface area contributed by atoms with Crippen LogP contribution >= 0.6 is 11.6 Å². The van der Waals surface area contributed by atoms with Crippen molar-refractivity contribution in [3.63, 3.8) is 0 Å². The van der Waals surface area contributed by atoms with Crippen LogP contribution in [-0.2, 0) is 9.59 Å². The molecular formula is C24H26ClN5O3. The van der Waals surface area contributed by atoms with Crippen LogP contribution < -0.4 is 10.6 Å². The van der Waals surface area contributed by atoms with E-state index in [1.807, 2.05) is 12.1 Å². The Bertz CT molecular complexity index is 1150. The monoisotopic (exact) mass is 467 g/mol. The van der Waals surface area contributed by atoms with E-state index < -0.39 is 12.1 Å². The van der Waals surface area contributed by atoms with Gasteiger partial charge in [0.1, 0.15) is 17.8 Å². The van der Waals surface area contributed by atoms with Gasteiger partial charge in [0.25, 0.3) is 5.91 Å². The number of carbonyl (C=O) groups is 3. The second-order valence-electron chi connectivity index (χ2n) is 9.34. The third-order valence-electron chi connectivity index (χ3n) is 7.42. The number of hydrogen-bond acceptors (Lipinski definition) is 4. The molecule has 2 aromatic rings. The zero-order valence-corrected chi connectivity index (χ0v) is 18.9. The summed E-state index contributed by atoms with van der Waals surface area (Å²) in [5.74, 6) is -0.533. The van der Waals surface area contributed by atoms with Gasteiger partial charge in [-0.05, 0) is 55.7 Å². The summed E-state index contributed by atoms with van der Waals surface area (Å²) in [5.41, 5.74) is 1.17. The minimum Gasteiger partial charge on any atom is -0.356 e. The second-order valence-corrected chi connectivity index (χ2v) is 9.75. The van der Waals surface area contributed by atoms with Crippen LogP contribution in [0.3, 0.4) is 0 Å². The summed E-state index contributed by atoms with van der Waals surface area (Å²) in [6.45, 7) is 1.12. The number of H-pyrrole nitrogens is 1. The van der Waals surface area contributed by atoms with Crippen molar-refractivity contribution in [3.8, 4) is 6.07 Å². The van der Waals surface area contributed by atoms with Gasteiger partial charge in [0.15, 0.2) is 0 Å². The molecule has 2 aliphatic heterocycles. The molecule has 0 unspecified atom stereocenters. The minimum atomic E-state index is -0.768. The number of halogens is 1. The number of nitrogens with zero attached hydrogens (tertiary/aromatic N) is 2. The number of carbonyl (C=O) groups excluding carboxylic acids is 3. The molecule has 3 amide bonds. The lowest BCUT2D eigenvalue weighted by molar-refractivity contribution is -0.127. The third-order valence-corrected chi connectivity index (χ3v) is 7.75. The molecule has 1 saturated carbocycles. The van der Waals surface area contributed by atoms with E-state index in [1.165, 1.54) is 0 Å². The highest BCUT2D eigenvalue weighted by atomic mass is 35.5. The number of fused-ring (bicyclic) bond motifs is 2. The van der Waals surface area contributed by atoms with Crippen LogP contribution in [0.15, 0.2) is 24.3 Å². The molecule has 1 aliphatic carbocycles. The third kappa shape index (κ3) is 3.95. The normalized spacial score (nSPS) is 27.3. The molecule has 9 heteroatoms. The summed E-state index contributed by atoms with van der Waals surface area (Å²) >= 11 is 6.28. The molecule has 33 heavy (non-hydrogen) atoms. The summed E-state index contributed by atoms with van der Waals surface area (Å²) in [4.78, 5) is 43.6. The van der Waals surface area contributed by atoms with Crippen molar-refractivity contribution < 1.29 is 14.4 Å². The van der Waals surface area contributed by atoms with Crippen molar-refractivity contribution in [3.05, 3.63) is 35.0 Å². The van der Waals surface area contributed by atoms with Crippen LogP contribution in [0, 0.1) is 29.1 Å². The number of nitrogens with one attached hydrogen (secondary N) is 3. The summed E-state index contributed by atoms with van der Waals surface area (Å²) in [6.07, 6.45) is 3.85. The molecule has 1 aromatic carbocycles. The van der Waals surface area contributed by atoms with Gasteiger partial charge in [0.2, 0.25) is 11.8 Å². The van der Waals surface area contributed by atoms with Crippen molar-refractivity contribution in [2.45, 2.75) is 44.2 Å². The lowest BCUT2D eigenvalue weighted by atomic mass is 9.92. The molecule has 1 aromatic heterocycles. The first-order chi connectivity index (χ1) is 16.0.